The summed E-state index contributed by atoms with van der Waals surface area (Å²) in [4.78, 5) is 11.0. The molecule has 1 N–H and O–H groups in total. The average Bonchev–Trinajstić information content (AvgIpc) is 2.45. The Bertz CT molecular complexity index is 373. The Morgan fingerprint density at radius 2 is 1.39 bits per heavy atom. The van der Waals surface area contributed by atoms with Crippen LogP contribution in [0.25, 0.3) is 0 Å². The lowest BCUT2D eigenvalue weighted by Crippen LogP contribution is -2.63. The van der Waals surface area contributed by atoms with Crippen LogP contribution < -0.4 is 5.32 Å². The zero-order valence-electron chi connectivity index (χ0n) is 12.5. The van der Waals surface area contributed by atoms with Crippen LogP contribution in [0.2, 0.25) is 0 Å². The normalized spacial score (nSPS) is 13.5. The van der Waals surface area contributed by atoms with Crippen LogP contribution in [0.15, 0.2) is 0 Å². The highest BCUT2D eigenvalue weighted by Crippen LogP contribution is 2.48. The molecule has 0 unspecified atom stereocenters. The second-order valence-electron chi connectivity index (χ2n) is 5.10. The molecule has 1 amide bonds. The summed E-state index contributed by atoms with van der Waals surface area (Å²) < 4.78 is 101. The van der Waals surface area contributed by atoms with Gasteiger partial charge < -0.3 is 5.32 Å². The van der Waals surface area contributed by atoms with Crippen molar-refractivity contribution in [2.75, 3.05) is 6.54 Å². The Labute approximate surface area is 128 Å². The van der Waals surface area contributed by atoms with Crippen LogP contribution in [0.3, 0.4) is 0 Å². The molecule has 0 saturated carbocycles. The molecule has 0 aliphatic heterocycles. The zero-order chi connectivity index (χ0) is 18.3. The van der Waals surface area contributed by atoms with Gasteiger partial charge in [0.2, 0.25) is 0 Å². The van der Waals surface area contributed by atoms with Crippen molar-refractivity contribution in [2.24, 2.45) is 0 Å². The minimum atomic E-state index is -6.50. The molecule has 0 aromatic rings. The second kappa shape index (κ2) is 8.68. The first kappa shape index (κ1) is 21.9. The van der Waals surface area contributed by atoms with Gasteiger partial charge >= 0.3 is 24.2 Å². The van der Waals surface area contributed by atoms with Gasteiger partial charge in [0, 0.05) is 6.54 Å². The molecule has 0 radical (unpaired) electrons. The fraction of sp³-hybridized carbons (Fsp3) is 0.923. The van der Waals surface area contributed by atoms with Crippen molar-refractivity contribution in [1.82, 2.24) is 5.32 Å². The first-order valence-electron chi connectivity index (χ1n) is 7.12. The predicted molar refractivity (Wildman–Crippen MR) is 67.2 cm³/mol. The van der Waals surface area contributed by atoms with E-state index in [2.05, 4.69) is 0 Å². The summed E-state index contributed by atoms with van der Waals surface area (Å²) in [5.74, 6) is -21.5. The zero-order valence-corrected chi connectivity index (χ0v) is 12.5. The highest BCUT2D eigenvalue weighted by molar-refractivity contribution is 5.84. The van der Waals surface area contributed by atoms with Crippen LogP contribution in [0.5, 0.6) is 0 Å². The number of nitrogens with one attached hydrogen (secondary N) is 1. The Morgan fingerprint density at radius 1 is 0.913 bits per heavy atom. The number of carbonyl (C=O) groups excluding carboxylic acids is 1. The van der Waals surface area contributed by atoms with Crippen molar-refractivity contribution in [3.8, 4) is 0 Å². The largest absolute Gasteiger partial charge is 0.392 e. The first-order chi connectivity index (χ1) is 10.4. The van der Waals surface area contributed by atoms with Crippen molar-refractivity contribution in [3.05, 3.63) is 0 Å². The van der Waals surface area contributed by atoms with Gasteiger partial charge in [0.1, 0.15) is 0 Å². The Balaban J connectivity index is 4.55. The number of unbranched alkanes of at least 4 members (excludes halogenated alkanes) is 5. The van der Waals surface area contributed by atoms with E-state index < -0.39 is 36.6 Å². The maximum absolute atomic E-state index is 13.2. The monoisotopic (exact) mass is 357 g/mol. The molecule has 0 heterocycles. The molecule has 0 aromatic carbocycles. The summed E-state index contributed by atoms with van der Waals surface area (Å²) in [6, 6.07) is 0. The summed E-state index contributed by atoms with van der Waals surface area (Å²) in [6.45, 7) is 1.54. The summed E-state index contributed by atoms with van der Waals surface area (Å²) in [5, 5.41) is 1.38. The molecule has 0 saturated heterocycles. The molecule has 0 bridgehead atoms. The molecular formula is C13H19F8NO. The fourth-order valence-electron chi connectivity index (χ4n) is 1.71. The topological polar surface area (TPSA) is 29.1 Å². The third kappa shape index (κ3) is 5.20. The molecule has 0 atom stereocenters. The molecular weight excluding hydrogens is 338 g/mol. The lowest BCUT2D eigenvalue weighted by Gasteiger charge is -2.31. The predicted octanol–water partition coefficient (Wildman–Crippen LogP) is 4.63. The lowest BCUT2D eigenvalue weighted by molar-refractivity contribution is -0.327. The van der Waals surface area contributed by atoms with E-state index >= 15 is 0 Å². The maximum Gasteiger partial charge on any atom is 0.392 e. The third-order valence-electron chi connectivity index (χ3n) is 3.19. The lowest BCUT2D eigenvalue weighted by atomic mass is 10.0. The van der Waals surface area contributed by atoms with E-state index in [9.17, 15) is 39.9 Å². The number of alkyl halides is 8. The van der Waals surface area contributed by atoms with Crippen LogP contribution in [-0.4, -0.2) is 36.6 Å². The van der Waals surface area contributed by atoms with Crippen LogP contribution in [0.4, 0.5) is 35.1 Å². The molecule has 138 valence electrons. The number of amides is 1. The molecule has 0 fully saturated rings. The van der Waals surface area contributed by atoms with E-state index in [4.69, 9.17) is 0 Å². The molecule has 0 spiro atoms. The summed E-state index contributed by atoms with van der Waals surface area (Å²) >= 11 is 0. The number of hydrogen-bond donors (Lipinski definition) is 1. The van der Waals surface area contributed by atoms with Gasteiger partial charge in [-0.15, -0.1) is 0 Å². The minimum Gasteiger partial charge on any atom is -0.351 e. The number of hydrogen-bond acceptors (Lipinski definition) is 1. The van der Waals surface area contributed by atoms with Gasteiger partial charge in [-0.3, -0.25) is 4.79 Å². The van der Waals surface area contributed by atoms with Gasteiger partial charge in [0.15, 0.2) is 0 Å². The standard InChI is InChI=1S/C13H19F8NO/c1-2-3-4-5-6-7-8-22-10(23)12(18,19)13(20,21)11(16,17)9(14)15/h9H,2-8H2,1H3,(H,22,23). The van der Waals surface area contributed by atoms with Crippen molar-refractivity contribution in [3.63, 3.8) is 0 Å². The quantitative estimate of drug-likeness (QED) is 0.424. The smallest absolute Gasteiger partial charge is 0.351 e. The SMILES string of the molecule is CCCCCCCCNC(=O)C(F)(F)C(F)(F)C(F)(F)C(F)F. The summed E-state index contributed by atoms with van der Waals surface area (Å²) in [7, 11) is 0. The van der Waals surface area contributed by atoms with E-state index in [-0.39, 0.29) is 6.42 Å². The Morgan fingerprint density at radius 3 is 1.87 bits per heavy atom. The highest BCUT2D eigenvalue weighted by Gasteiger charge is 2.78. The van der Waals surface area contributed by atoms with E-state index in [1.54, 1.807) is 0 Å². The molecule has 2 nitrogen and oxygen atoms in total. The van der Waals surface area contributed by atoms with Crippen molar-refractivity contribution in [1.29, 1.82) is 0 Å². The van der Waals surface area contributed by atoms with Crippen molar-refractivity contribution in [2.45, 2.75) is 69.6 Å². The Hall–Kier alpha value is -1.09. The van der Waals surface area contributed by atoms with Crippen molar-refractivity contribution < 1.29 is 39.9 Å². The van der Waals surface area contributed by atoms with Gasteiger partial charge in [0.25, 0.3) is 5.91 Å². The van der Waals surface area contributed by atoms with Crippen LogP contribution >= 0.6 is 0 Å². The molecule has 0 aliphatic rings. The molecule has 10 heteroatoms. The van der Waals surface area contributed by atoms with E-state index in [0.717, 1.165) is 25.7 Å². The first-order valence-corrected chi connectivity index (χ1v) is 7.12. The van der Waals surface area contributed by atoms with Gasteiger partial charge in [-0.05, 0) is 6.42 Å². The number of carbonyl (C=O) groups is 1. The minimum absolute atomic E-state index is 0.183. The third-order valence-corrected chi connectivity index (χ3v) is 3.19. The summed E-state index contributed by atoms with van der Waals surface area (Å²) in [6.07, 6.45) is -0.790. The maximum atomic E-state index is 13.2. The van der Waals surface area contributed by atoms with Gasteiger partial charge in [-0.1, -0.05) is 39.0 Å². The molecule has 23 heavy (non-hydrogen) atoms. The fourth-order valence-corrected chi connectivity index (χ4v) is 1.71. The van der Waals surface area contributed by atoms with Gasteiger partial charge in [0.05, 0.1) is 0 Å². The number of halogens is 8. The van der Waals surface area contributed by atoms with Crippen LogP contribution in [-0.2, 0) is 4.79 Å². The van der Waals surface area contributed by atoms with E-state index in [1.807, 2.05) is 6.92 Å². The average molecular weight is 357 g/mol. The van der Waals surface area contributed by atoms with Gasteiger partial charge in [-0.2, -0.15) is 26.3 Å². The highest BCUT2D eigenvalue weighted by atomic mass is 19.4. The van der Waals surface area contributed by atoms with Crippen LogP contribution in [0, 0.1) is 0 Å². The van der Waals surface area contributed by atoms with Crippen molar-refractivity contribution >= 4 is 5.91 Å². The Kier molecular flexibility index (Phi) is 8.26. The molecule has 0 aromatic heterocycles. The molecule has 0 rings (SSSR count). The number of rotatable bonds is 11. The van der Waals surface area contributed by atoms with E-state index in [1.165, 1.54) is 5.32 Å². The summed E-state index contributed by atoms with van der Waals surface area (Å²) in [5.41, 5.74) is 0. The van der Waals surface area contributed by atoms with Crippen LogP contribution in [0.1, 0.15) is 45.4 Å². The molecule has 0 aliphatic carbocycles. The van der Waals surface area contributed by atoms with Gasteiger partial charge in [-0.25, -0.2) is 8.78 Å². The van der Waals surface area contributed by atoms with E-state index in [0.29, 0.717) is 6.42 Å². The second-order valence-corrected chi connectivity index (χ2v) is 5.10.